The number of primary amides is 1. The number of urea groups is 1. The molecule has 8 heteroatoms. The van der Waals surface area contributed by atoms with Crippen molar-refractivity contribution >= 4 is 64.9 Å². The summed E-state index contributed by atoms with van der Waals surface area (Å²) in [7, 11) is 1.64. The molecular formula is C6H8I2N4OS. The molecule has 0 atom stereocenters. The Morgan fingerprint density at radius 2 is 2.43 bits per heavy atom. The lowest BCUT2D eigenvalue weighted by molar-refractivity contribution is 0.257. The summed E-state index contributed by atoms with van der Waals surface area (Å²) in [5, 5.41) is 6.87. The molecule has 1 rings (SSSR count). The Morgan fingerprint density at radius 1 is 1.79 bits per heavy atom. The maximum Gasteiger partial charge on any atom is 0.329 e. The van der Waals surface area contributed by atoms with Crippen LogP contribution in [0.5, 0.6) is 0 Å². The molecule has 0 aliphatic heterocycles. The van der Waals surface area contributed by atoms with Gasteiger partial charge in [-0.2, -0.15) is 5.10 Å². The molecule has 78 valence electrons. The minimum Gasteiger partial charge on any atom is -0.351 e. The first kappa shape index (κ1) is 12.4. The van der Waals surface area contributed by atoms with Crippen LogP contribution in [0.1, 0.15) is 11.3 Å². The molecular weight excluding hydrogens is 430 g/mol. The summed E-state index contributed by atoms with van der Waals surface area (Å²) in [6.07, 6.45) is 0. The molecule has 0 saturated carbocycles. The van der Waals surface area contributed by atoms with Crippen molar-refractivity contribution in [2.45, 2.75) is 12.7 Å². The van der Waals surface area contributed by atoms with Crippen LogP contribution in [0.3, 0.4) is 0 Å². The minimum atomic E-state index is -0.517. The van der Waals surface area contributed by atoms with Crippen molar-refractivity contribution in [1.82, 2.24) is 10.2 Å². The van der Waals surface area contributed by atoms with Crippen LogP contribution in [0.2, 0.25) is 0 Å². The van der Waals surface area contributed by atoms with E-state index < -0.39 is 6.03 Å². The van der Waals surface area contributed by atoms with Crippen LogP contribution in [-0.4, -0.2) is 16.2 Å². The zero-order valence-corrected chi connectivity index (χ0v) is 12.4. The van der Waals surface area contributed by atoms with Gasteiger partial charge in [0.2, 0.25) is 0 Å². The third kappa shape index (κ3) is 2.66. The van der Waals surface area contributed by atoms with E-state index in [0.717, 1.165) is 17.0 Å². The van der Waals surface area contributed by atoms with Crippen LogP contribution in [0.4, 0.5) is 10.6 Å². The number of rotatable bonds is 3. The number of aromatic amines is 1. The van der Waals surface area contributed by atoms with Gasteiger partial charge in [0.05, 0.1) is 22.9 Å². The Kier molecular flexibility index (Phi) is 4.76. The Bertz CT molecular complexity index is 343. The number of carbonyl (C=O) groups is 1. The minimum absolute atomic E-state index is 0.517. The van der Waals surface area contributed by atoms with Crippen molar-refractivity contribution in [2.75, 3.05) is 3.11 Å². The molecule has 1 aromatic rings. The highest BCUT2D eigenvalue weighted by molar-refractivity contribution is 14.2. The molecule has 14 heavy (non-hydrogen) atoms. The average Bonchev–Trinajstić information content (AvgIpc) is 2.48. The lowest BCUT2D eigenvalue weighted by Gasteiger charge is -2.09. The highest BCUT2D eigenvalue weighted by Crippen LogP contribution is 2.29. The summed E-state index contributed by atoms with van der Waals surface area (Å²) in [4.78, 5) is 10.9. The van der Waals surface area contributed by atoms with Gasteiger partial charge in [-0.25, -0.2) is 7.91 Å². The largest absolute Gasteiger partial charge is 0.351 e. The first-order valence-corrected chi connectivity index (χ1v) is 8.10. The number of hydrogen-bond donors (Lipinski definition) is 2. The molecule has 0 aromatic carbocycles. The maximum absolute atomic E-state index is 10.9. The number of carbonyl (C=O) groups excluding carboxylic acids is 1. The number of aryl methyl sites for hydroxylation is 1. The highest BCUT2D eigenvalue weighted by atomic mass is 127. The van der Waals surface area contributed by atoms with Gasteiger partial charge in [0, 0.05) is 17.0 Å². The highest BCUT2D eigenvalue weighted by Gasteiger charge is 2.18. The SMILES string of the molecule is Cc1[nH]nc(N(I)C(N)=O)c1CSI. The summed E-state index contributed by atoms with van der Waals surface area (Å²) < 4.78 is 1.31. The number of nitrogens with one attached hydrogen (secondary N) is 1. The molecule has 0 bridgehead atoms. The quantitative estimate of drug-likeness (QED) is 0.563. The molecule has 0 saturated heterocycles. The fraction of sp³-hybridized carbons (Fsp3) is 0.333. The lowest BCUT2D eigenvalue weighted by Crippen LogP contribution is -2.27. The second-order valence-electron chi connectivity index (χ2n) is 2.52. The van der Waals surface area contributed by atoms with E-state index in [4.69, 9.17) is 5.73 Å². The van der Waals surface area contributed by atoms with Crippen molar-refractivity contribution in [1.29, 1.82) is 0 Å². The standard InChI is InChI=1S/C6H8I2N4OS/c1-3-4(2-14-8)5(11-10-3)12(7)6(9)13/h2H2,1H3,(H2,9,13)(H,10,11). The van der Waals surface area contributed by atoms with Gasteiger partial charge in [0.15, 0.2) is 5.82 Å². The number of nitrogens with two attached hydrogens (primary N) is 1. The summed E-state index contributed by atoms with van der Waals surface area (Å²) >= 11 is 4.04. The predicted octanol–water partition coefficient (Wildman–Crippen LogP) is 2.54. The van der Waals surface area contributed by atoms with E-state index in [1.807, 2.05) is 29.8 Å². The molecule has 1 aromatic heterocycles. The van der Waals surface area contributed by atoms with Crippen molar-refractivity contribution in [3.8, 4) is 0 Å². The number of hydrogen-bond acceptors (Lipinski definition) is 3. The van der Waals surface area contributed by atoms with E-state index >= 15 is 0 Å². The number of anilines is 1. The number of nitrogens with zero attached hydrogens (tertiary/aromatic N) is 2. The summed E-state index contributed by atoms with van der Waals surface area (Å²) in [5.41, 5.74) is 7.14. The van der Waals surface area contributed by atoms with Crippen LogP contribution in [0, 0.1) is 6.92 Å². The van der Waals surface area contributed by atoms with Crippen molar-refractivity contribution in [3.63, 3.8) is 0 Å². The van der Waals surface area contributed by atoms with Gasteiger partial charge in [-0.05, 0) is 28.1 Å². The van der Waals surface area contributed by atoms with E-state index in [2.05, 4.69) is 31.4 Å². The van der Waals surface area contributed by atoms with E-state index in [0.29, 0.717) is 5.82 Å². The van der Waals surface area contributed by atoms with Crippen molar-refractivity contribution in [3.05, 3.63) is 11.3 Å². The molecule has 1 heterocycles. The molecule has 0 fully saturated rings. The lowest BCUT2D eigenvalue weighted by atomic mass is 10.3. The fourth-order valence-corrected chi connectivity index (χ4v) is 2.72. The van der Waals surface area contributed by atoms with Gasteiger partial charge in [-0.15, -0.1) is 0 Å². The van der Waals surface area contributed by atoms with Crippen LogP contribution in [0.15, 0.2) is 0 Å². The zero-order valence-electron chi connectivity index (χ0n) is 7.25. The normalized spacial score (nSPS) is 10.2. The third-order valence-corrected chi connectivity index (χ3v) is 3.89. The molecule has 0 spiro atoms. The number of H-pyrrole nitrogens is 1. The number of aromatic nitrogens is 2. The zero-order chi connectivity index (χ0) is 10.7. The van der Waals surface area contributed by atoms with Gasteiger partial charge in [-0.1, -0.05) is 8.93 Å². The van der Waals surface area contributed by atoms with E-state index in [-0.39, 0.29) is 0 Å². The second-order valence-corrected chi connectivity index (χ2v) is 5.86. The smallest absolute Gasteiger partial charge is 0.329 e. The second kappa shape index (κ2) is 5.39. The van der Waals surface area contributed by atoms with Crippen LogP contribution in [-0.2, 0) is 5.75 Å². The Hall–Kier alpha value is 0.290. The van der Waals surface area contributed by atoms with E-state index in [9.17, 15) is 4.79 Å². The first-order valence-electron chi connectivity index (χ1n) is 3.60. The van der Waals surface area contributed by atoms with Gasteiger partial charge >= 0.3 is 6.03 Å². The third-order valence-electron chi connectivity index (χ3n) is 1.63. The van der Waals surface area contributed by atoms with Gasteiger partial charge in [-0.3, -0.25) is 5.10 Å². The molecule has 0 aliphatic rings. The molecule has 3 N–H and O–H groups in total. The molecule has 0 radical (unpaired) electrons. The van der Waals surface area contributed by atoms with Crippen LogP contribution in [0.25, 0.3) is 0 Å². The first-order chi connectivity index (χ1) is 6.57. The van der Waals surface area contributed by atoms with Crippen LogP contribution < -0.4 is 8.85 Å². The van der Waals surface area contributed by atoms with Crippen molar-refractivity contribution in [2.24, 2.45) is 5.73 Å². The van der Waals surface area contributed by atoms with E-state index in [1.54, 1.807) is 8.93 Å². The Morgan fingerprint density at radius 3 is 2.93 bits per heavy atom. The van der Waals surface area contributed by atoms with Crippen LogP contribution >= 0.6 is 53.0 Å². The average molecular weight is 438 g/mol. The topological polar surface area (TPSA) is 75.0 Å². The Labute approximate surface area is 112 Å². The summed E-state index contributed by atoms with van der Waals surface area (Å²) in [6, 6.07) is -0.517. The van der Waals surface area contributed by atoms with Gasteiger partial charge in [0.1, 0.15) is 0 Å². The maximum atomic E-state index is 10.9. The molecule has 0 aliphatic carbocycles. The van der Waals surface area contributed by atoms with Gasteiger partial charge < -0.3 is 5.73 Å². The monoisotopic (exact) mass is 438 g/mol. The fourth-order valence-electron chi connectivity index (χ4n) is 0.934. The number of amides is 2. The van der Waals surface area contributed by atoms with Gasteiger partial charge in [0.25, 0.3) is 0 Å². The number of halogens is 2. The van der Waals surface area contributed by atoms with E-state index in [1.165, 1.54) is 3.11 Å². The summed E-state index contributed by atoms with van der Waals surface area (Å²) in [5.74, 6) is 1.39. The predicted molar refractivity (Wildman–Crippen MR) is 74.7 cm³/mol. The molecule has 2 amide bonds. The van der Waals surface area contributed by atoms with Crippen molar-refractivity contribution < 1.29 is 4.79 Å². The molecule has 5 nitrogen and oxygen atoms in total. The summed E-state index contributed by atoms with van der Waals surface area (Å²) in [6.45, 7) is 1.92. The molecule has 0 unspecified atom stereocenters. The Balaban J connectivity index is 3.01.